The maximum Gasteiger partial charge on any atom is 0.223 e. The minimum absolute atomic E-state index is 0.00961. The second-order valence-corrected chi connectivity index (χ2v) is 6.03. The molecule has 0 aliphatic carbocycles. The monoisotopic (exact) mass is 296 g/mol. The molecule has 0 aliphatic rings. The molecule has 0 saturated heterocycles. The number of carbonyl (C=O) groups is 1. The van der Waals surface area contributed by atoms with Crippen LogP contribution in [-0.4, -0.2) is 11.9 Å². The van der Waals surface area contributed by atoms with E-state index in [0.29, 0.717) is 5.02 Å². The van der Waals surface area contributed by atoms with Crippen LogP contribution in [0.4, 0.5) is 0 Å². The average Bonchev–Trinajstić information content (AvgIpc) is 2.38. The highest BCUT2D eigenvalue weighted by molar-refractivity contribution is 6.30. The van der Waals surface area contributed by atoms with Gasteiger partial charge in [0.1, 0.15) is 0 Å². The third-order valence-electron chi connectivity index (χ3n) is 3.45. The van der Waals surface area contributed by atoms with Gasteiger partial charge in [0, 0.05) is 17.0 Å². The summed E-state index contributed by atoms with van der Waals surface area (Å²) in [5, 5.41) is 3.72. The van der Waals surface area contributed by atoms with Crippen LogP contribution in [-0.2, 0) is 4.79 Å². The lowest BCUT2D eigenvalue weighted by Crippen LogP contribution is -2.31. The Kier molecular flexibility index (Phi) is 7.03. The van der Waals surface area contributed by atoms with Gasteiger partial charge in [0.25, 0.3) is 0 Å². The van der Waals surface area contributed by atoms with Crippen LogP contribution in [0.2, 0.25) is 5.02 Å². The maximum absolute atomic E-state index is 12.1. The zero-order valence-corrected chi connectivity index (χ0v) is 13.3. The van der Waals surface area contributed by atoms with Crippen LogP contribution in [0.3, 0.4) is 0 Å². The Morgan fingerprint density at radius 1 is 1.30 bits per heavy atom. The first-order valence-electron chi connectivity index (χ1n) is 7.21. The minimum atomic E-state index is -0.0305. The number of hydrogen-bond donors (Lipinski definition) is 2. The summed E-state index contributed by atoms with van der Waals surface area (Å²) in [7, 11) is 0. The zero-order chi connectivity index (χ0) is 15.1. The molecule has 0 bridgehead atoms. The molecule has 3 nitrogen and oxygen atoms in total. The lowest BCUT2D eigenvalue weighted by Gasteiger charge is -2.18. The van der Waals surface area contributed by atoms with Crippen molar-refractivity contribution in [2.24, 2.45) is 11.7 Å². The second kappa shape index (κ2) is 8.28. The highest BCUT2D eigenvalue weighted by Gasteiger charge is 2.16. The number of nitrogens with one attached hydrogen (secondary N) is 1. The van der Waals surface area contributed by atoms with Gasteiger partial charge in [-0.05, 0) is 44.4 Å². The van der Waals surface area contributed by atoms with Gasteiger partial charge in [0.15, 0.2) is 0 Å². The molecule has 0 aliphatic heterocycles. The lowest BCUT2D eigenvalue weighted by atomic mass is 10.0. The number of nitrogens with two attached hydrogens (primary N) is 1. The van der Waals surface area contributed by atoms with Crippen LogP contribution in [0.1, 0.15) is 51.6 Å². The van der Waals surface area contributed by atoms with Crippen molar-refractivity contribution in [1.29, 1.82) is 0 Å². The SMILES string of the molecule is CC(N)CCCC(C)C(=O)N[C@@H](C)c1cccc(Cl)c1. The van der Waals surface area contributed by atoms with Gasteiger partial charge in [-0.1, -0.05) is 37.1 Å². The molecule has 0 fully saturated rings. The average molecular weight is 297 g/mol. The molecule has 112 valence electrons. The standard InChI is InChI=1S/C16H25ClN2O/c1-11(6-4-7-12(2)18)16(20)19-13(3)14-8-5-9-15(17)10-14/h5,8-13H,4,6-7,18H2,1-3H3,(H,19,20)/t11?,12?,13-/m0/s1. The van der Waals surface area contributed by atoms with Crippen molar-refractivity contribution in [2.45, 2.75) is 52.1 Å². The van der Waals surface area contributed by atoms with Crippen LogP contribution in [0.25, 0.3) is 0 Å². The Hall–Kier alpha value is -1.06. The molecule has 0 aromatic heterocycles. The Labute approximate surface area is 126 Å². The topological polar surface area (TPSA) is 55.1 Å². The first-order valence-corrected chi connectivity index (χ1v) is 7.59. The number of amides is 1. The predicted octanol–water partition coefficient (Wildman–Crippen LogP) is 3.67. The third-order valence-corrected chi connectivity index (χ3v) is 3.69. The van der Waals surface area contributed by atoms with Crippen molar-refractivity contribution in [2.75, 3.05) is 0 Å². The van der Waals surface area contributed by atoms with Crippen molar-refractivity contribution < 1.29 is 4.79 Å². The fourth-order valence-electron chi connectivity index (χ4n) is 2.09. The van der Waals surface area contributed by atoms with Gasteiger partial charge in [-0.25, -0.2) is 0 Å². The predicted molar refractivity (Wildman–Crippen MR) is 84.7 cm³/mol. The molecule has 1 amide bonds. The normalized spacial score (nSPS) is 15.4. The van der Waals surface area contributed by atoms with Gasteiger partial charge >= 0.3 is 0 Å². The molecular weight excluding hydrogens is 272 g/mol. The zero-order valence-electron chi connectivity index (χ0n) is 12.5. The largest absolute Gasteiger partial charge is 0.349 e. The summed E-state index contributed by atoms with van der Waals surface area (Å²) >= 11 is 5.96. The van der Waals surface area contributed by atoms with Gasteiger partial charge in [-0.3, -0.25) is 4.79 Å². The summed E-state index contributed by atoms with van der Waals surface area (Å²) in [6.45, 7) is 5.92. The number of hydrogen-bond acceptors (Lipinski definition) is 2. The van der Waals surface area contributed by atoms with Crippen LogP contribution < -0.4 is 11.1 Å². The van der Waals surface area contributed by atoms with Gasteiger partial charge in [0.05, 0.1) is 6.04 Å². The Morgan fingerprint density at radius 3 is 2.60 bits per heavy atom. The molecular formula is C16H25ClN2O. The van der Waals surface area contributed by atoms with Crippen molar-refractivity contribution in [3.8, 4) is 0 Å². The lowest BCUT2D eigenvalue weighted by molar-refractivity contribution is -0.125. The van der Waals surface area contributed by atoms with E-state index in [0.717, 1.165) is 24.8 Å². The van der Waals surface area contributed by atoms with Crippen LogP contribution in [0.15, 0.2) is 24.3 Å². The van der Waals surface area contributed by atoms with Gasteiger partial charge < -0.3 is 11.1 Å². The van der Waals surface area contributed by atoms with Crippen molar-refractivity contribution in [3.05, 3.63) is 34.9 Å². The van der Waals surface area contributed by atoms with Crippen LogP contribution >= 0.6 is 11.6 Å². The van der Waals surface area contributed by atoms with Gasteiger partial charge in [-0.2, -0.15) is 0 Å². The van der Waals surface area contributed by atoms with E-state index in [1.807, 2.05) is 45.0 Å². The molecule has 20 heavy (non-hydrogen) atoms. The van der Waals surface area contributed by atoms with Gasteiger partial charge in [-0.15, -0.1) is 0 Å². The molecule has 0 heterocycles. The number of halogens is 1. The molecule has 3 atom stereocenters. The third kappa shape index (κ3) is 5.93. The number of benzene rings is 1. The molecule has 1 rings (SSSR count). The molecule has 1 aromatic rings. The summed E-state index contributed by atoms with van der Waals surface area (Å²) in [5.74, 6) is 0.0949. The molecule has 3 N–H and O–H groups in total. The molecule has 1 aromatic carbocycles. The smallest absolute Gasteiger partial charge is 0.223 e. The molecule has 4 heteroatoms. The minimum Gasteiger partial charge on any atom is -0.349 e. The first kappa shape index (κ1) is 17.0. The number of carbonyl (C=O) groups excluding carboxylic acids is 1. The maximum atomic E-state index is 12.1. The van der Waals surface area contributed by atoms with Crippen molar-refractivity contribution >= 4 is 17.5 Å². The summed E-state index contributed by atoms with van der Waals surface area (Å²) in [6.07, 6.45) is 2.81. The van der Waals surface area contributed by atoms with Crippen molar-refractivity contribution in [1.82, 2.24) is 5.32 Å². The summed E-state index contributed by atoms with van der Waals surface area (Å²) in [5.41, 5.74) is 6.73. The second-order valence-electron chi connectivity index (χ2n) is 5.59. The van der Waals surface area contributed by atoms with E-state index in [-0.39, 0.29) is 23.9 Å². The summed E-state index contributed by atoms with van der Waals surface area (Å²) in [4.78, 5) is 12.1. The van der Waals surface area contributed by atoms with E-state index in [4.69, 9.17) is 17.3 Å². The van der Waals surface area contributed by atoms with E-state index in [1.165, 1.54) is 0 Å². The highest BCUT2D eigenvalue weighted by atomic mass is 35.5. The Morgan fingerprint density at radius 2 is 2.00 bits per heavy atom. The Bertz CT molecular complexity index is 434. The van der Waals surface area contributed by atoms with E-state index < -0.39 is 0 Å². The fraction of sp³-hybridized carbons (Fsp3) is 0.562. The molecule has 0 spiro atoms. The van der Waals surface area contributed by atoms with E-state index in [1.54, 1.807) is 0 Å². The van der Waals surface area contributed by atoms with Gasteiger partial charge in [0.2, 0.25) is 5.91 Å². The van der Waals surface area contributed by atoms with E-state index >= 15 is 0 Å². The van der Waals surface area contributed by atoms with E-state index in [9.17, 15) is 4.79 Å². The van der Waals surface area contributed by atoms with Crippen LogP contribution in [0, 0.1) is 5.92 Å². The van der Waals surface area contributed by atoms with Crippen molar-refractivity contribution in [3.63, 3.8) is 0 Å². The highest BCUT2D eigenvalue weighted by Crippen LogP contribution is 2.18. The van der Waals surface area contributed by atoms with Crippen LogP contribution in [0.5, 0.6) is 0 Å². The molecule has 0 saturated carbocycles. The number of rotatable bonds is 7. The summed E-state index contributed by atoms with van der Waals surface area (Å²) < 4.78 is 0. The van der Waals surface area contributed by atoms with E-state index in [2.05, 4.69) is 5.32 Å². The Balaban J connectivity index is 2.44. The molecule has 0 radical (unpaired) electrons. The first-order chi connectivity index (χ1) is 9.40. The summed E-state index contributed by atoms with van der Waals surface area (Å²) in [6, 6.07) is 7.75. The molecule has 2 unspecified atom stereocenters. The fourth-order valence-corrected chi connectivity index (χ4v) is 2.29. The quantitative estimate of drug-likeness (QED) is 0.806.